The van der Waals surface area contributed by atoms with Crippen LogP contribution >= 0.6 is 0 Å². The lowest BCUT2D eigenvalue weighted by Gasteiger charge is -2.34. The second kappa shape index (κ2) is 8.01. The number of aromatic nitrogens is 2. The third-order valence-corrected chi connectivity index (χ3v) is 7.34. The molecule has 0 unspecified atom stereocenters. The van der Waals surface area contributed by atoms with Crippen LogP contribution in [0.5, 0.6) is 5.75 Å². The lowest BCUT2D eigenvalue weighted by Crippen LogP contribution is -2.38. The van der Waals surface area contributed by atoms with Gasteiger partial charge in [0.25, 0.3) is 0 Å². The van der Waals surface area contributed by atoms with Gasteiger partial charge in [-0.1, -0.05) is 18.2 Å². The first-order chi connectivity index (χ1) is 16.4. The number of nitrogens with zero attached hydrogens (tertiary/aromatic N) is 3. The summed E-state index contributed by atoms with van der Waals surface area (Å²) in [6.07, 6.45) is 4.16. The van der Waals surface area contributed by atoms with E-state index in [2.05, 4.69) is 38.4 Å². The quantitative estimate of drug-likeness (QED) is 0.606. The van der Waals surface area contributed by atoms with Gasteiger partial charge in [0.05, 0.1) is 18.4 Å². The van der Waals surface area contributed by atoms with Gasteiger partial charge in [-0.15, -0.1) is 0 Å². The zero-order valence-electron chi connectivity index (χ0n) is 19.5. The second-order valence-corrected chi connectivity index (χ2v) is 9.98. The molecule has 6 rings (SSSR count). The van der Waals surface area contributed by atoms with Gasteiger partial charge in [-0.2, -0.15) is 0 Å². The molecule has 0 bridgehead atoms. The van der Waals surface area contributed by atoms with Crippen molar-refractivity contribution in [3.8, 4) is 17.0 Å². The topological polar surface area (TPSA) is 50.3 Å². The van der Waals surface area contributed by atoms with E-state index < -0.39 is 11.6 Å². The van der Waals surface area contributed by atoms with Gasteiger partial charge in [0, 0.05) is 36.5 Å². The van der Waals surface area contributed by atoms with Crippen LogP contribution in [0.2, 0.25) is 0 Å². The molecule has 1 aliphatic carbocycles. The molecule has 1 N–H and O–H groups in total. The smallest absolute Gasteiger partial charge is 0.178 e. The lowest BCUT2D eigenvalue weighted by atomic mass is 9.87. The molecule has 0 radical (unpaired) electrons. The highest BCUT2D eigenvalue weighted by molar-refractivity contribution is 5.72. The van der Waals surface area contributed by atoms with Crippen LogP contribution in [-0.2, 0) is 18.4 Å². The van der Waals surface area contributed by atoms with Crippen LogP contribution in [0.25, 0.3) is 11.3 Å². The van der Waals surface area contributed by atoms with Crippen LogP contribution in [0.3, 0.4) is 0 Å². The Hall–Kier alpha value is -3.06. The molecule has 0 saturated heterocycles. The van der Waals surface area contributed by atoms with Crippen LogP contribution in [0.1, 0.15) is 49.2 Å². The molecule has 2 aliphatic heterocycles. The molecular weight excluding hydrogens is 434 g/mol. The van der Waals surface area contributed by atoms with Crippen molar-refractivity contribution in [1.29, 1.82) is 0 Å². The normalized spacial score (nSPS) is 18.0. The van der Waals surface area contributed by atoms with Gasteiger partial charge < -0.3 is 15.0 Å². The van der Waals surface area contributed by atoms with E-state index in [0.29, 0.717) is 42.1 Å². The van der Waals surface area contributed by atoms with Crippen molar-refractivity contribution in [1.82, 2.24) is 15.3 Å². The second-order valence-electron chi connectivity index (χ2n) is 9.98. The molecule has 3 heterocycles. The molecule has 1 aromatic heterocycles. The summed E-state index contributed by atoms with van der Waals surface area (Å²) in [5, 5.41) is 3.53. The first-order valence-electron chi connectivity index (χ1n) is 12.0. The Labute approximate surface area is 198 Å². The monoisotopic (exact) mass is 462 g/mol. The zero-order chi connectivity index (χ0) is 23.4. The molecule has 0 atom stereocenters. The van der Waals surface area contributed by atoms with E-state index in [1.807, 2.05) is 13.8 Å². The summed E-state index contributed by atoms with van der Waals surface area (Å²) >= 11 is 0. The van der Waals surface area contributed by atoms with E-state index in [0.717, 1.165) is 18.7 Å². The van der Waals surface area contributed by atoms with Crippen LogP contribution in [0.4, 0.5) is 14.5 Å². The van der Waals surface area contributed by atoms with Gasteiger partial charge in [-0.25, -0.2) is 18.7 Å². The van der Waals surface area contributed by atoms with Crippen LogP contribution < -0.4 is 15.0 Å². The molecule has 2 aromatic carbocycles. The van der Waals surface area contributed by atoms with Crippen molar-refractivity contribution >= 4 is 5.69 Å². The Morgan fingerprint density at radius 1 is 1.15 bits per heavy atom. The molecule has 5 nitrogen and oxygen atoms in total. The van der Waals surface area contributed by atoms with Gasteiger partial charge in [0.1, 0.15) is 18.1 Å². The summed E-state index contributed by atoms with van der Waals surface area (Å²) in [7, 11) is 0. The number of rotatable bonds is 4. The average molecular weight is 463 g/mol. The standard InChI is InChI=1S/C27H28F2N4O/c1-16(2)33-7-8-34-26-21(28)11-18(12-23(26)33)25-22(29)14-31-24(32-25)10-17-3-4-20-19(9-17)13-30-15-27(20)5-6-27/h3-4,9,11-12,14,16,30H,5-8,10,13,15H2,1-2H3. The van der Waals surface area contributed by atoms with Crippen molar-refractivity contribution in [3.63, 3.8) is 0 Å². The number of halogens is 2. The average Bonchev–Trinajstić information content (AvgIpc) is 3.59. The van der Waals surface area contributed by atoms with Crippen LogP contribution in [0, 0.1) is 11.6 Å². The van der Waals surface area contributed by atoms with Gasteiger partial charge in [0.15, 0.2) is 17.4 Å². The molecule has 3 aliphatic rings. The van der Waals surface area contributed by atoms with Crippen molar-refractivity contribution in [2.75, 3.05) is 24.6 Å². The summed E-state index contributed by atoms with van der Waals surface area (Å²) < 4.78 is 35.3. The first-order valence-corrected chi connectivity index (χ1v) is 12.0. The Bertz CT molecular complexity index is 1270. The summed E-state index contributed by atoms with van der Waals surface area (Å²) in [5.41, 5.74) is 5.33. The molecule has 7 heteroatoms. The van der Waals surface area contributed by atoms with Crippen molar-refractivity contribution < 1.29 is 13.5 Å². The maximum absolute atomic E-state index is 14.9. The molecule has 0 amide bonds. The lowest BCUT2D eigenvalue weighted by molar-refractivity contribution is 0.287. The Kier molecular flexibility index (Phi) is 5.06. The molecule has 1 fully saturated rings. The number of anilines is 1. The van der Waals surface area contributed by atoms with Gasteiger partial charge in [-0.05, 0) is 55.5 Å². The van der Waals surface area contributed by atoms with E-state index in [9.17, 15) is 8.78 Å². The van der Waals surface area contributed by atoms with Gasteiger partial charge >= 0.3 is 0 Å². The van der Waals surface area contributed by atoms with Crippen molar-refractivity contribution in [2.45, 2.75) is 51.1 Å². The molecule has 1 saturated carbocycles. The predicted octanol–water partition coefficient (Wildman–Crippen LogP) is 4.75. The number of hydrogen-bond donors (Lipinski definition) is 1. The van der Waals surface area contributed by atoms with E-state index >= 15 is 0 Å². The largest absolute Gasteiger partial charge is 0.486 e. The molecule has 176 valence electrons. The fraction of sp³-hybridized carbons (Fsp3) is 0.407. The molecule has 1 spiro atoms. The Morgan fingerprint density at radius 2 is 2.00 bits per heavy atom. The SMILES string of the molecule is CC(C)N1CCOc2c(F)cc(-c3nc(Cc4ccc5c(c4)CNCC54CC4)ncc3F)cc21. The van der Waals surface area contributed by atoms with E-state index in [1.165, 1.54) is 36.2 Å². The van der Waals surface area contributed by atoms with E-state index in [1.54, 1.807) is 6.07 Å². The number of benzene rings is 2. The third-order valence-electron chi connectivity index (χ3n) is 7.34. The van der Waals surface area contributed by atoms with Crippen LogP contribution in [0.15, 0.2) is 36.5 Å². The molecule has 34 heavy (non-hydrogen) atoms. The van der Waals surface area contributed by atoms with Crippen molar-refractivity contribution in [3.05, 3.63) is 70.7 Å². The fourth-order valence-corrected chi connectivity index (χ4v) is 5.40. The summed E-state index contributed by atoms with van der Waals surface area (Å²) in [6, 6.07) is 9.82. The Morgan fingerprint density at radius 3 is 2.79 bits per heavy atom. The van der Waals surface area contributed by atoms with E-state index in [4.69, 9.17) is 4.74 Å². The van der Waals surface area contributed by atoms with Crippen LogP contribution in [-0.4, -0.2) is 35.7 Å². The van der Waals surface area contributed by atoms with E-state index in [-0.39, 0.29) is 17.5 Å². The maximum Gasteiger partial charge on any atom is 0.178 e. The summed E-state index contributed by atoms with van der Waals surface area (Å²) in [5.74, 6) is -0.347. The summed E-state index contributed by atoms with van der Waals surface area (Å²) in [4.78, 5) is 10.8. The van der Waals surface area contributed by atoms with Crippen molar-refractivity contribution in [2.24, 2.45) is 0 Å². The first kappa shape index (κ1) is 21.5. The predicted molar refractivity (Wildman–Crippen MR) is 127 cm³/mol. The van der Waals surface area contributed by atoms with Gasteiger partial charge in [-0.3, -0.25) is 0 Å². The minimum Gasteiger partial charge on any atom is -0.486 e. The highest BCUT2D eigenvalue weighted by Gasteiger charge is 2.46. The number of ether oxygens (including phenoxy) is 1. The summed E-state index contributed by atoms with van der Waals surface area (Å²) in [6.45, 7) is 7.08. The minimum atomic E-state index is -0.568. The number of hydrogen-bond acceptors (Lipinski definition) is 5. The molecule has 3 aromatic rings. The maximum atomic E-state index is 14.9. The highest BCUT2D eigenvalue weighted by atomic mass is 19.1. The fourth-order valence-electron chi connectivity index (χ4n) is 5.40. The Balaban J connectivity index is 1.33. The number of fused-ring (bicyclic) bond motifs is 3. The highest BCUT2D eigenvalue weighted by Crippen LogP contribution is 2.50. The minimum absolute atomic E-state index is 0.109. The molecular formula is C27H28F2N4O. The third kappa shape index (κ3) is 3.63. The zero-order valence-corrected chi connectivity index (χ0v) is 19.5. The van der Waals surface area contributed by atoms with Gasteiger partial charge in [0.2, 0.25) is 0 Å². The number of nitrogens with one attached hydrogen (secondary N) is 1.